The largest absolute Gasteiger partial charge is 0.313 e. The van der Waals surface area contributed by atoms with Crippen molar-refractivity contribution in [2.24, 2.45) is 0 Å². The molecule has 0 unspecified atom stereocenters. The molecule has 0 atom stereocenters. The van der Waals surface area contributed by atoms with Crippen LogP contribution in [0.2, 0.25) is 0 Å². The second-order valence-electron chi connectivity index (χ2n) is 4.29. The fourth-order valence-corrected chi connectivity index (χ4v) is 2.71. The Labute approximate surface area is 122 Å². The Balaban J connectivity index is 2.15. The lowest BCUT2D eigenvalue weighted by Crippen LogP contribution is -2.24. The number of aromatic nitrogens is 3. The maximum atomic E-state index is 13.6. The summed E-state index contributed by atoms with van der Waals surface area (Å²) in [5, 5.41) is 9.14. The van der Waals surface area contributed by atoms with E-state index in [1.807, 2.05) is 6.92 Å². The Hall–Kier alpha value is -1.84. The van der Waals surface area contributed by atoms with Crippen LogP contribution in [0.4, 0.5) is 4.39 Å². The van der Waals surface area contributed by atoms with Gasteiger partial charge < -0.3 is 5.32 Å². The van der Waals surface area contributed by atoms with E-state index in [4.69, 9.17) is 0 Å². The average molecular weight is 313 g/mol. The predicted molar refractivity (Wildman–Crippen MR) is 74.2 cm³/mol. The lowest BCUT2D eigenvalue weighted by Gasteiger charge is -2.09. The number of aromatic amines is 1. The summed E-state index contributed by atoms with van der Waals surface area (Å²) in [6.45, 7) is 2.81. The van der Waals surface area contributed by atoms with E-state index >= 15 is 0 Å². The van der Waals surface area contributed by atoms with Crippen molar-refractivity contribution in [1.82, 2.24) is 25.2 Å². The molecule has 0 aliphatic heterocycles. The van der Waals surface area contributed by atoms with E-state index in [2.05, 4.69) is 25.2 Å². The van der Waals surface area contributed by atoms with Gasteiger partial charge in [-0.05, 0) is 24.7 Å². The molecule has 1 heterocycles. The Bertz CT molecular complexity index is 688. The van der Waals surface area contributed by atoms with E-state index in [1.165, 1.54) is 18.5 Å². The van der Waals surface area contributed by atoms with E-state index in [9.17, 15) is 12.8 Å². The summed E-state index contributed by atoms with van der Waals surface area (Å²) >= 11 is 0. The van der Waals surface area contributed by atoms with Gasteiger partial charge in [0, 0.05) is 12.1 Å². The fourth-order valence-electron chi connectivity index (χ4n) is 1.68. The van der Waals surface area contributed by atoms with Gasteiger partial charge in [-0.3, -0.25) is 5.10 Å². The number of nitrogens with zero attached hydrogens (tertiary/aromatic N) is 2. The molecule has 0 aliphatic carbocycles. The Morgan fingerprint density at radius 2 is 2.14 bits per heavy atom. The summed E-state index contributed by atoms with van der Waals surface area (Å²) < 4.78 is 40.3. The molecule has 0 spiro atoms. The van der Waals surface area contributed by atoms with Crippen LogP contribution in [-0.2, 0) is 23.1 Å². The number of nitrogens with one attached hydrogen (secondary N) is 3. The molecule has 0 saturated heterocycles. The van der Waals surface area contributed by atoms with E-state index in [-0.39, 0.29) is 18.0 Å². The molecular weight excluding hydrogens is 297 g/mol. The maximum Gasteiger partial charge on any atom is 0.240 e. The van der Waals surface area contributed by atoms with Crippen molar-refractivity contribution < 1.29 is 12.8 Å². The zero-order valence-corrected chi connectivity index (χ0v) is 12.2. The average Bonchev–Trinajstić information content (AvgIpc) is 2.97. The molecule has 0 saturated carbocycles. The highest BCUT2D eigenvalue weighted by atomic mass is 32.2. The number of benzene rings is 1. The van der Waals surface area contributed by atoms with Crippen LogP contribution in [-0.4, -0.2) is 30.1 Å². The van der Waals surface area contributed by atoms with Gasteiger partial charge in [-0.15, -0.1) is 0 Å². The van der Waals surface area contributed by atoms with Crippen LogP contribution < -0.4 is 10.0 Å². The zero-order valence-electron chi connectivity index (χ0n) is 11.4. The van der Waals surface area contributed by atoms with Crippen molar-refractivity contribution in [2.75, 3.05) is 6.54 Å². The van der Waals surface area contributed by atoms with Crippen LogP contribution in [0, 0.1) is 5.82 Å². The van der Waals surface area contributed by atoms with Gasteiger partial charge in [0.05, 0.1) is 11.4 Å². The summed E-state index contributed by atoms with van der Waals surface area (Å²) in [4.78, 5) is 3.83. The molecule has 2 rings (SSSR count). The standard InChI is InChI=1S/C12H16FN5O2S/c1-2-14-6-9-5-10(3-4-11(9)13)21(19,20)17-7-12-15-8-16-18-12/h3-5,8,14,17H,2,6-7H2,1H3,(H,15,16,18). The minimum atomic E-state index is -3.73. The lowest BCUT2D eigenvalue weighted by atomic mass is 10.2. The van der Waals surface area contributed by atoms with Gasteiger partial charge >= 0.3 is 0 Å². The summed E-state index contributed by atoms with van der Waals surface area (Å²) in [6.07, 6.45) is 1.29. The molecule has 0 amide bonds. The highest BCUT2D eigenvalue weighted by Crippen LogP contribution is 2.15. The van der Waals surface area contributed by atoms with E-state index in [0.29, 0.717) is 17.9 Å². The number of H-pyrrole nitrogens is 1. The van der Waals surface area contributed by atoms with Crippen molar-refractivity contribution in [3.8, 4) is 0 Å². The monoisotopic (exact) mass is 313 g/mol. The first-order chi connectivity index (χ1) is 10.0. The summed E-state index contributed by atoms with van der Waals surface area (Å²) in [5.41, 5.74) is 0.305. The lowest BCUT2D eigenvalue weighted by molar-refractivity contribution is 0.574. The molecule has 0 aliphatic rings. The van der Waals surface area contributed by atoms with Crippen LogP contribution in [0.15, 0.2) is 29.4 Å². The molecule has 21 heavy (non-hydrogen) atoms. The summed E-state index contributed by atoms with van der Waals surface area (Å²) in [6, 6.07) is 3.70. The number of halogens is 1. The Kier molecular flexibility index (Phi) is 4.99. The third-order valence-electron chi connectivity index (χ3n) is 2.79. The van der Waals surface area contributed by atoms with Crippen LogP contribution in [0.5, 0.6) is 0 Å². The topological polar surface area (TPSA) is 99.8 Å². The minimum Gasteiger partial charge on any atom is -0.313 e. The Morgan fingerprint density at radius 3 is 2.81 bits per heavy atom. The van der Waals surface area contributed by atoms with Gasteiger partial charge in [0.15, 0.2) is 0 Å². The molecule has 7 nitrogen and oxygen atoms in total. The summed E-state index contributed by atoms with van der Waals surface area (Å²) in [5.74, 6) is -0.0429. The van der Waals surface area contributed by atoms with Crippen LogP contribution in [0.3, 0.4) is 0 Å². The van der Waals surface area contributed by atoms with Crippen molar-refractivity contribution in [3.63, 3.8) is 0 Å². The molecule has 9 heteroatoms. The molecule has 2 aromatic rings. The van der Waals surface area contributed by atoms with Gasteiger partial charge in [-0.1, -0.05) is 6.92 Å². The third kappa shape index (κ3) is 4.06. The molecule has 1 aromatic heterocycles. The normalized spacial score (nSPS) is 11.7. The molecular formula is C12H16FN5O2S. The van der Waals surface area contributed by atoms with Crippen LogP contribution in [0.25, 0.3) is 0 Å². The smallest absolute Gasteiger partial charge is 0.240 e. The quantitative estimate of drug-likeness (QED) is 0.692. The first-order valence-corrected chi connectivity index (χ1v) is 7.84. The van der Waals surface area contributed by atoms with Crippen molar-refractivity contribution in [1.29, 1.82) is 0 Å². The number of rotatable bonds is 7. The first-order valence-electron chi connectivity index (χ1n) is 6.36. The Morgan fingerprint density at radius 1 is 1.33 bits per heavy atom. The predicted octanol–water partition coefficient (Wildman–Crippen LogP) is 0.532. The summed E-state index contributed by atoms with van der Waals surface area (Å²) in [7, 11) is -3.73. The highest BCUT2D eigenvalue weighted by molar-refractivity contribution is 7.89. The molecule has 0 fully saturated rings. The van der Waals surface area contributed by atoms with Crippen LogP contribution in [0.1, 0.15) is 18.3 Å². The van der Waals surface area contributed by atoms with Crippen molar-refractivity contribution in [3.05, 3.63) is 41.7 Å². The first kappa shape index (κ1) is 15.5. The SMILES string of the molecule is CCNCc1cc(S(=O)(=O)NCc2ncn[nH]2)ccc1F. The second-order valence-corrected chi connectivity index (χ2v) is 6.06. The number of hydrogen-bond donors (Lipinski definition) is 3. The van der Waals surface area contributed by atoms with E-state index < -0.39 is 15.8 Å². The number of hydrogen-bond acceptors (Lipinski definition) is 5. The van der Waals surface area contributed by atoms with Crippen LogP contribution >= 0.6 is 0 Å². The molecule has 1 aromatic carbocycles. The minimum absolute atomic E-state index is 0.0105. The highest BCUT2D eigenvalue weighted by Gasteiger charge is 2.16. The zero-order chi connectivity index (χ0) is 15.3. The van der Waals surface area contributed by atoms with Gasteiger partial charge in [0.25, 0.3) is 0 Å². The third-order valence-corrected chi connectivity index (χ3v) is 4.19. The molecule has 0 radical (unpaired) electrons. The van der Waals surface area contributed by atoms with E-state index in [1.54, 1.807) is 0 Å². The maximum absolute atomic E-state index is 13.6. The van der Waals surface area contributed by atoms with Gasteiger partial charge in [-0.2, -0.15) is 5.10 Å². The van der Waals surface area contributed by atoms with Crippen molar-refractivity contribution >= 4 is 10.0 Å². The molecule has 3 N–H and O–H groups in total. The van der Waals surface area contributed by atoms with Gasteiger partial charge in [-0.25, -0.2) is 22.5 Å². The fraction of sp³-hybridized carbons (Fsp3) is 0.333. The second kappa shape index (κ2) is 6.74. The van der Waals surface area contributed by atoms with Crippen molar-refractivity contribution in [2.45, 2.75) is 24.9 Å². The molecule has 0 bridgehead atoms. The van der Waals surface area contributed by atoms with Gasteiger partial charge in [0.1, 0.15) is 18.0 Å². The van der Waals surface area contributed by atoms with E-state index in [0.717, 1.165) is 6.07 Å². The molecule has 114 valence electrons. The van der Waals surface area contributed by atoms with Gasteiger partial charge in [0.2, 0.25) is 10.0 Å². The number of sulfonamides is 1.